The number of nitro benzene ring substituents is 1. The summed E-state index contributed by atoms with van der Waals surface area (Å²) in [6, 6.07) is 5.51. The summed E-state index contributed by atoms with van der Waals surface area (Å²) < 4.78 is 5.06. The molecule has 0 spiro atoms. The lowest BCUT2D eigenvalue weighted by Crippen LogP contribution is -2.36. The zero-order valence-corrected chi connectivity index (χ0v) is 14.5. The van der Waals surface area contributed by atoms with Crippen molar-refractivity contribution in [3.05, 3.63) is 45.5 Å². The minimum atomic E-state index is -0.759. The highest BCUT2D eigenvalue weighted by Crippen LogP contribution is 2.16. The molecule has 0 aliphatic carbocycles. The third-order valence-corrected chi connectivity index (χ3v) is 2.83. The van der Waals surface area contributed by atoms with E-state index in [0.29, 0.717) is 5.56 Å². The highest BCUT2D eigenvalue weighted by atomic mass is 16.6. The summed E-state index contributed by atoms with van der Waals surface area (Å²) >= 11 is 0. The first kappa shape index (κ1) is 20.0. The molecule has 0 heterocycles. The number of Topliss-reactive ketones (excluding diaryl/α,β-unsaturated/α-hetero) is 1. The van der Waals surface area contributed by atoms with Gasteiger partial charge in [-0.25, -0.2) is 0 Å². The molecule has 0 aromatic heterocycles. The summed E-state index contributed by atoms with van der Waals surface area (Å²) in [5.41, 5.74) is -0.744. The van der Waals surface area contributed by atoms with Crippen molar-refractivity contribution < 1.29 is 24.0 Å². The maximum atomic E-state index is 12.1. The van der Waals surface area contributed by atoms with E-state index in [0.717, 1.165) is 0 Å². The van der Waals surface area contributed by atoms with E-state index in [9.17, 15) is 24.5 Å². The fourth-order valence-corrected chi connectivity index (χ4v) is 1.85. The van der Waals surface area contributed by atoms with E-state index in [2.05, 4.69) is 5.32 Å². The van der Waals surface area contributed by atoms with Crippen molar-refractivity contribution >= 4 is 29.4 Å². The number of esters is 1. The summed E-state index contributed by atoms with van der Waals surface area (Å²) in [6.07, 6.45) is 1.24. The van der Waals surface area contributed by atoms with Crippen molar-refractivity contribution in [1.82, 2.24) is 5.32 Å². The van der Waals surface area contributed by atoms with E-state index in [4.69, 9.17) is 4.74 Å². The summed E-state index contributed by atoms with van der Waals surface area (Å²) in [6.45, 7) is 5.87. The molecular formula is C17H20N2O6. The summed E-state index contributed by atoms with van der Waals surface area (Å²) in [7, 11) is 0. The standard InChI is InChI=1S/C17H20N2O6/c1-11(20)14(9-12-6-5-7-13(8-12)19(23)24)16(22)18-10-15(21)25-17(2,3)4/h5-9H,10H2,1-4H3,(H,18,22)/b14-9+. The number of non-ortho nitro benzene ring substituents is 1. The number of amides is 1. The Balaban J connectivity index is 2.91. The second kappa shape index (κ2) is 8.18. The van der Waals surface area contributed by atoms with Crippen molar-refractivity contribution in [2.45, 2.75) is 33.3 Å². The van der Waals surface area contributed by atoms with Crippen LogP contribution in [0.25, 0.3) is 6.08 Å². The predicted octanol–water partition coefficient (Wildman–Crippen LogP) is 2.03. The maximum absolute atomic E-state index is 12.1. The monoisotopic (exact) mass is 348 g/mol. The van der Waals surface area contributed by atoms with Crippen LogP contribution in [0.4, 0.5) is 5.69 Å². The lowest BCUT2D eigenvalue weighted by atomic mass is 10.1. The van der Waals surface area contributed by atoms with Gasteiger partial charge in [0.1, 0.15) is 12.1 Å². The predicted molar refractivity (Wildman–Crippen MR) is 90.6 cm³/mol. The average Bonchev–Trinajstić information content (AvgIpc) is 2.48. The van der Waals surface area contributed by atoms with Crippen LogP contribution in [0.1, 0.15) is 33.3 Å². The van der Waals surface area contributed by atoms with Gasteiger partial charge in [0.05, 0.1) is 10.5 Å². The Morgan fingerprint density at radius 2 is 1.92 bits per heavy atom. The van der Waals surface area contributed by atoms with Crippen LogP contribution in [0.2, 0.25) is 0 Å². The summed E-state index contributed by atoms with van der Waals surface area (Å²) in [4.78, 5) is 45.7. The molecule has 0 saturated heterocycles. The van der Waals surface area contributed by atoms with Crippen LogP contribution in [0.3, 0.4) is 0 Å². The minimum Gasteiger partial charge on any atom is -0.459 e. The number of ether oxygens (including phenoxy) is 1. The van der Waals surface area contributed by atoms with Crippen LogP contribution in [0.5, 0.6) is 0 Å². The Morgan fingerprint density at radius 3 is 2.44 bits per heavy atom. The highest BCUT2D eigenvalue weighted by molar-refractivity contribution is 6.22. The second-order valence-corrected chi connectivity index (χ2v) is 6.24. The first-order valence-corrected chi connectivity index (χ1v) is 7.47. The molecule has 1 rings (SSSR count). The zero-order chi connectivity index (χ0) is 19.2. The molecule has 1 aromatic carbocycles. The van der Waals surface area contributed by atoms with Gasteiger partial charge in [-0.05, 0) is 39.3 Å². The molecule has 0 atom stereocenters. The van der Waals surface area contributed by atoms with Crippen LogP contribution < -0.4 is 5.32 Å². The van der Waals surface area contributed by atoms with Gasteiger partial charge in [-0.1, -0.05) is 12.1 Å². The van der Waals surface area contributed by atoms with Gasteiger partial charge >= 0.3 is 5.97 Å². The number of rotatable bonds is 6. The lowest BCUT2D eigenvalue weighted by molar-refractivity contribution is -0.384. The number of nitrogens with one attached hydrogen (secondary N) is 1. The van der Waals surface area contributed by atoms with Crippen molar-refractivity contribution in [3.8, 4) is 0 Å². The fraction of sp³-hybridized carbons (Fsp3) is 0.353. The van der Waals surface area contributed by atoms with E-state index in [1.165, 1.54) is 37.3 Å². The second-order valence-electron chi connectivity index (χ2n) is 6.24. The Hall–Kier alpha value is -3.03. The van der Waals surface area contributed by atoms with Crippen LogP contribution in [-0.2, 0) is 19.1 Å². The summed E-state index contributed by atoms with van der Waals surface area (Å²) in [5, 5.41) is 13.1. The van der Waals surface area contributed by atoms with Gasteiger partial charge in [0.25, 0.3) is 11.6 Å². The smallest absolute Gasteiger partial charge is 0.325 e. The Kier molecular flexibility index (Phi) is 6.55. The molecule has 8 heteroatoms. The van der Waals surface area contributed by atoms with E-state index < -0.39 is 34.7 Å². The molecule has 0 saturated carbocycles. The number of nitro groups is 1. The lowest BCUT2D eigenvalue weighted by Gasteiger charge is -2.19. The minimum absolute atomic E-state index is 0.161. The van der Waals surface area contributed by atoms with Gasteiger partial charge in [-0.3, -0.25) is 24.5 Å². The van der Waals surface area contributed by atoms with Gasteiger partial charge in [-0.2, -0.15) is 0 Å². The number of ketones is 1. The molecule has 0 aliphatic rings. The Labute approximate surface area is 145 Å². The molecule has 0 bridgehead atoms. The largest absolute Gasteiger partial charge is 0.459 e. The summed E-state index contributed by atoms with van der Waals surface area (Å²) in [5.74, 6) is -1.93. The molecule has 1 N–H and O–H groups in total. The molecule has 0 fully saturated rings. The van der Waals surface area contributed by atoms with Crippen LogP contribution in [0, 0.1) is 10.1 Å². The molecule has 134 valence electrons. The molecule has 0 unspecified atom stereocenters. The van der Waals surface area contributed by atoms with Gasteiger partial charge in [0.2, 0.25) is 0 Å². The molecule has 0 aliphatic heterocycles. The van der Waals surface area contributed by atoms with E-state index >= 15 is 0 Å². The number of benzene rings is 1. The van der Waals surface area contributed by atoms with Gasteiger partial charge in [-0.15, -0.1) is 0 Å². The molecule has 25 heavy (non-hydrogen) atoms. The molecule has 0 radical (unpaired) electrons. The molecular weight excluding hydrogens is 328 g/mol. The van der Waals surface area contributed by atoms with Crippen molar-refractivity contribution in [2.24, 2.45) is 0 Å². The van der Waals surface area contributed by atoms with E-state index in [-0.39, 0.29) is 11.3 Å². The average molecular weight is 348 g/mol. The number of carbonyl (C=O) groups excluding carboxylic acids is 3. The Morgan fingerprint density at radius 1 is 1.28 bits per heavy atom. The fourth-order valence-electron chi connectivity index (χ4n) is 1.85. The van der Waals surface area contributed by atoms with Crippen LogP contribution in [-0.4, -0.2) is 34.7 Å². The molecule has 1 amide bonds. The highest BCUT2D eigenvalue weighted by Gasteiger charge is 2.19. The third kappa shape index (κ3) is 6.94. The number of hydrogen-bond donors (Lipinski definition) is 1. The SMILES string of the molecule is CC(=O)/C(=C\c1cccc([N+](=O)[O-])c1)C(=O)NCC(=O)OC(C)(C)C. The first-order valence-electron chi connectivity index (χ1n) is 7.47. The zero-order valence-electron chi connectivity index (χ0n) is 14.5. The number of hydrogen-bond acceptors (Lipinski definition) is 6. The number of carbonyl (C=O) groups is 3. The van der Waals surface area contributed by atoms with E-state index in [1.54, 1.807) is 20.8 Å². The van der Waals surface area contributed by atoms with Crippen LogP contribution in [0.15, 0.2) is 29.8 Å². The molecule has 1 aromatic rings. The van der Waals surface area contributed by atoms with Crippen molar-refractivity contribution in [2.75, 3.05) is 6.54 Å². The van der Waals surface area contributed by atoms with Crippen molar-refractivity contribution in [3.63, 3.8) is 0 Å². The first-order chi connectivity index (χ1) is 11.5. The maximum Gasteiger partial charge on any atom is 0.325 e. The van der Waals surface area contributed by atoms with E-state index in [1.807, 2.05) is 0 Å². The normalized spacial score (nSPS) is 11.6. The van der Waals surface area contributed by atoms with Crippen LogP contribution >= 0.6 is 0 Å². The van der Waals surface area contributed by atoms with Gasteiger partial charge in [0.15, 0.2) is 5.78 Å². The Bertz CT molecular complexity index is 731. The third-order valence-electron chi connectivity index (χ3n) is 2.83. The quantitative estimate of drug-likeness (QED) is 0.210. The molecule has 8 nitrogen and oxygen atoms in total. The topological polar surface area (TPSA) is 116 Å². The van der Waals surface area contributed by atoms with Crippen molar-refractivity contribution in [1.29, 1.82) is 0 Å². The van der Waals surface area contributed by atoms with Gasteiger partial charge < -0.3 is 10.1 Å². The number of nitrogens with zero attached hydrogens (tertiary/aromatic N) is 1. The van der Waals surface area contributed by atoms with Gasteiger partial charge in [0, 0.05) is 12.1 Å².